The maximum absolute atomic E-state index is 13.5. The molecular formula is C28H28F3N5. The topological polar surface area (TPSA) is 35.5 Å². The van der Waals surface area contributed by atoms with Crippen LogP contribution < -0.4 is 9.80 Å². The number of hydrogen-bond donors (Lipinski definition) is 0. The number of hydrogen-bond acceptors (Lipinski definition) is 5. The highest BCUT2D eigenvalue weighted by Gasteiger charge is 2.34. The van der Waals surface area contributed by atoms with Crippen molar-refractivity contribution in [2.24, 2.45) is 0 Å². The average molecular weight is 492 g/mol. The number of fused-ring (bicyclic) bond motifs is 2. The van der Waals surface area contributed by atoms with Gasteiger partial charge in [-0.1, -0.05) is 24.3 Å². The smallest absolute Gasteiger partial charge is 0.370 e. The number of piperazine rings is 1. The molecule has 0 bridgehead atoms. The van der Waals surface area contributed by atoms with Gasteiger partial charge in [0.2, 0.25) is 0 Å². The third-order valence-corrected chi connectivity index (χ3v) is 7.64. The predicted molar refractivity (Wildman–Crippen MR) is 138 cm³/mol. The second kappa shape index (κ2) is 9.24. The fraction of sp³-hybridized carbons (Fsp3) is 0.357. The molecule has 4 aromatic rings. The molecule has 0 saturated carbocycles. The standard InChI is InChI=1S/C28H28F3N5/c29-28(30,31)23-8-9-25(27-22(23)6-3-13-33-27)36-18-16-34(17-19-36)21-10-14-35(15-11-21)24-7-1-4-20-5-2-12-32-26(20)24/h1-9,12-13,21H,10-11,14-19H2. The second-order valence-electron chi connectivity index (χ2n) is 9.62. The van der Waals surface area contributed by atoms with Gasteiger partial charge >= 0.3 is 6.18 Å². The first-order valence-corrected chi connectivity index (χ1v) is 12.5. The third-order valence-electron chi connectivity index (χ3n) is 7.64. The first-order chi connectivity index (χ1) is 17.5. The molecule has 0 N–H and O–H groups in total. The van der Waals surface area contributed by atoms with Crippen molar-refractivity contribution in [3.8, 4) is 0 Å². The number of para-hydroxylation sites is 1. The Bertz CT molecular complexity index is 1370. The van der Waals surface area contributed by atoms with E-state index in [0.717, 1.165) is 63.3 Å². The molecule has 6 rings (SSSR count). The van der Waals surface area contributed by atoms with E-state index in [1.54, 1.807) is 18.3 Å². The molecular weight excluding hydrogens is 463 g/mol. The Labute approximate surface area is 208 Å². The zero-order valence-electron chi connectivity index (χ0n) is 20.0. The summed E-state index contributed by atoms with van der Waals surface area (Å²) < 4.78 is 40.5. The summed E-state index contributed by atoms with van der Waals surface area (Å²) >= 11 is 0. The summed E-state index contributed by atoms with van der Waals surface area (Å²) in [7, 11) is 0. The lowest BCUT2D eigenvalue weighted by molar-refractivity contribution is -0.136. The minimum Gasteiger partial charge on any atom is -0.370 e. The van der Waals surface area contributed by atoms with Crippen molar-refractivity contribution in [1.82, 2.24) is 14.9 Å². The summed E-state index contributed by atoms with van der Waals surface area (Å²) in [6.07, 6.45) is 1.21. The number of halogens is 3. The van der Waals surface area contributed by atoms with Crippen molar-refractivity contribution in [1.29, 1.82) is 0 Å². The van der Waals surface area contributed by atoms with Gasteiger partial charge < -0.3 is 9.80 Å². The summed E-state index contributed by atoms with van der Waals surface area (Å²) in [5, 5.41) is 1.33. The van der Waals surface area contributed by atoms with Gasteiger partial charge in [-0.3, -0.25) is 14.9 Å². The number of alkyl halides is 3. The Morgan fingerprint density at radius 3 is 2.06 bits per heavy atom. The largest absolute Gasteiger partial charge is 0.417 e. The van der Waals surface area contributed by atoms with Crippen LogP contribution in [0.25, 0.3) is 21.8 Å². The third kappa shape index (κ3) is 4.23. The van der Waals surface area contributed by atoms with Gasteiger partial charge in [0.1, 0.15) is 0 Å². The second-order valence-corrected chi connectivity index (χ2v) is 9.62. The van der Waals surface area contributed by atoms with Crippen molar-refractivity contribution >= 4 is 33.2 Å². The number of nitrogens with zero attached hydrogens (tertiary/aromatic N) is 5. The van der Waals surface area contributed by atoms with Gasteiger partial charge in [0.05, 0.1) is 28.0 Å². The Balaban J connectivity index is 1.12. The van der Waals surface area contributed by atoms with Crippen LogP contribution in [0.2, 0.25) is 0 Å². The average Bonchev–Trinajstić information content (AvgIpc) is 2.92. The molecule has 2 aliphatic heterocycles. The van der Waals surface area contributed by atoms with Crippen molar-refractivity contribution in [3.63, 3.8) is 0 Å². The lowest BCUT2D eigenvalue weighted by Gasteiger charge is -2.44. The Hall–Kier alpha value is -3.39. The van der Waals surface area contributed by atoms with E-state index in [9.17, 15) is 13.2 Å². The lowest BCUT2D eigenvalue weighted by Crippen LogP contribution is -2.53. The van der Waals surface area contributed by atoms with Gasteiger partial charge in [-0.15, -0.1) is 0 Å². The first kappa shape index (κ1) is 23.0. The summed E-state index contributed by atoms with van der Waals surface area (Å²) in [6, 6.07) is 16.8. The van der Waals surface area contributed by atoms with Crippen molar-refractivity contribution in [3.05, 3.63) is 72.6 Å². The molecule has 2 aromatic heterocycles. The number of aromatic nitrogens is 2. The minimum atomic E-state index is -4.39. The highest BCUT2D eigenvalue weighted by molar-refractivity contribution is 5.93. The molecule has 5 nitrogen and oxygen atoms in total. The first-order valence-electron chi connectivity index (χ1n) is 12.5. The fourth-order valence-electron chi connectivity index (χ4n) is 5.80. The Kier molecular flexibility index (Phi) is 5.91. The molecule has 2 aliphatic rings. The van der Waals surface area contributed by atoms with Gasteiger partial charge in [-0.2, -0.15) is 13.2 Å². The summed E-state index contributed by atoms with van der Waals surface area (Å²) in [5.74, 6) is 0. The molecule has 36 heavy (non-hydrogen) atoms. The van der Waals surface area contributed by atoms with Crippen LogP contribution in [0.15, 0.2) is 67.0 Å². The van der Waals surface area contributed by atoms with E-state index in [0.29, 0.717) is 11.6 Å². The molecule has 4 heterocycles. The lowest BCUT2D eigenvalue weighted by atomic mass is 10.0. The highest BCUT2D eigenvalue weighted by atomic mass is 19.4. The van der Waals surface area contributed by atoms with Gasteiger partial charge in [0.25, 0.3) is 0 Å². The summed E-state index contributed by atoms with van der Waals surface area (Å²) in [6.45, 7) is 5.35. The molecule has 2 saturated heterocycles. The molecule has 0 spiro atoms. The number of rotatable bonds is 3. The van der Waals surface area contributed by atoms with Crippen LogP contribution in [0.3, 0.4) is 0 Å². The quantitative estimate of drug-likeness (QED) is 0.373. The normalized spacial score (nSPS) is 18.3. The number of piperidine rings is 1. The van der Waals surface area contributed by atoms with Crippen LogP contribution in [0.1, 0.15) is 18.4 Å². The molecule has 8 heteroatoms. The van der Waals surface area contributed by atoms with Crippen LogP contribution in [0.4, 0.5) is 24.5 Å². The van der Waals surface area contributed by atoms with E-state index in [1.165, 1.54) is 23.2 Å². The van der Waals surface area contributed by atoms with Crippen LogP contribution in [-0.4, -0.2) is 60.2 Å². The minimum absolute atomic E-state index is 0.167. The van der Waals surface area contributed by atoms with E-state index in [4.69, 9.17) is 0 Å². The number of benzene rings is 2. The molecule has 2 fully saturated rings. The summed E-state index contributed by atoms with van der Waals surface area (Å²) in [4.78, 5) is 16.1. The van der Waals surface area contributed by atoms with Crippen LogP contribution in [0, 0.1) is 0 Å². The monoisotopic (exact) mass is 491 g/mol. The van der Waals surface area contributed by atoms with Crippen LogP contribution in [0.5, 0.6) is 0 Å². The molecule has 0 radical (unpaired) electrons. The van der Waals surface area contributed by atoms with Gasteiger partial charge in [-0.05, 0) is 43.2 Å². The maximum atomic E-state index is 13.5. The summed E-state index contributed by atoms with van der Waals surface area (Å²) in [5.41, 5.74) is 2.86. The SMILES string of the molecule is FC(F)(F)c1ccc(N2CCN(C3CCN(c4cccc5cccnc45)CC3)CC2)c2ncccc12. The molecule has 0 atom stereocenters. The van der Waals surface area contributed by atoms with Crippen LogP contribution in [-0.2, 0) is 6.18 Å². The highest BCUT2D eigenvalue weighted by Crippen LogP contribution is 2.38. The van der Waals surface area contributed by atoms with Gasteiger partial charge in [0, 0.05) is 68.5 Å². The van der Waals surface area contributed by atoms with E-state index < -0.39 is 11.7 Å². The molecule has 0 amide bonds. The Morgan fingerprint density at radius 2 is 1.31 bits per heavy atom. The number of pyridine rings is 2. The molecule has 0 unspecified atom stereocenters. The van der Waals surface area contributed by atoms with Crippen molar-refractivity contribution in [2.75, 3.05) is 49.1 Å². The van der Waals surface area contributed by atoms with Crippen LogP contribution >= 0.6 is 0 Å². The van der Waals surface area contributed by atoms with E-state index in [-0.39, 0.29) is 5.39 Å². The van der Waals surface area contributed by atoms with Gasteiger partial charge in [0.15, 0.2) is 0 Å². The molecule has 186 valence electrons. The van der Waals surface area contributed by atoms with Crippen molar-refractivity contribution in [2.45, 2.75) is 25.1 Å². The molecule has 0 aliphatic carbocycles. The van der Waals surface area contributed by atoms with Crippen molar-refractivity contribution < 1.29 is 13.2 Å². The zero-order valence-corrected chi connectivity index (χ0v) is 20.0. The molecule has 2 aromatic carbocycles. The zero-order chi connectivity index (χ0) is 24.7. The maximum Gasteiger partial charge on any atom is 0.417 e. The van der Waals surface area contributed by atoms with E-state index in [1.807, 2.05) is 12.3 Å². The van der Waals surface area contributed by atoms with E-state index in [2.05, 4.69) is 48.9 Å². The number of anilines is 2. The Morgan fingerprint density at radius 1 is 0.667 bits per heavy atom. The van der Waals surface area contributed by atoms with E-state index >= 15 is 0 Å². The predicted octanol–water partition coefficient (Wildman–Crippen LogP) is 5.59. The van der Waals surface area contributed by atoms with Gasteiger partial charge in [-0.25, -0.2) is 0 Å². The fourth-order valence-corrected chi connectivity index (χ4v) is 5.80.